The highest BCUT2D eigenvalue weighted by Crippen LogP contribution is 2.26. The van der Waals surface area contributed by atoms with E-state index in [4.69, 9.17) is 0 Å². The molecular weight excluding hydrogens is 258 g/mol. The third-order valence-electron chi connectivity index (χ3n) is 4.47. The van der Waals surface area contributed by atoms with Crippen LogP contribution in [-0.4, -0.2) is 28.2 Å². The topological polar surface area (TPSA) is 31.9 Å². The Morgan fingerprint density at radius 3 is 2.33 bits per heavy atom. The zero-order valence-corrected chi connectivity index (χ0v) is 13.5. The van der Waals surface area contributed by atoms with E-state index in [-0.39, 0.29) is 5.41 Å². The van der Waals surface area contributed by atoms with Gasteiger partial charge >= 0.3 is 0 Å². The summed E-state index contributed by atoms with van der Waals surface area (Å²) in [5, 5.41) is 7.65. The van der Waals surface area contributed by atoms with Crippen LogP contribution in [0.1, 0.15) is 43.3 Å². The van der Waals surface area contributed by atoms with Crippen molar-refractivity contribution in [2.24, 2.45) is 0 Å². The van der Waals surface area contributed by atoms with Crippen molar-refractivity contribution >= 4 is 0 Å². The molecule has 3 rings (SSSR count). The molecule has 0 spiro atoms. The molecule has 0 aliphatic heterocycles. The van der Waals surface area contributed by atoms with Crippen molar-refractivity contribution in [2.75, 3.05) is 7.05 Å². The Hall–Kier alpha value is -1.61. The van der Waals surface area contributed by atoms with Crippen LogP contribution in [-0.2, 0) is 24.8 Å². The average Bonchev–Trinajstić information content (AvgIpc) is 3.03. The highest BCUT2D eigenvalue weighted by Gasteiger charge is 2.25. The van der Waals surface area contributed by atoms with Gasteiger partial charge in [-0.05, 0) is 37.1 Å². The van der Waals surface area contributed by atoms with E-state index in [0.29, 0.717) is 6.04 Å². The smallest absolute Gasteiger partial charge is 0.0678 e. The van der Waals surface area contributed by atoms with Gasteiger partial charge in [-0.25, -0.2) is 0 Å². The molecule has 0 bridgehead atoms. The number of hydrogen-bond donors (Lipinski definition) is 1. The number of aromatic nitrogens is 2. The van der Waals surface area contributed by atoms with Crippen LogP contribution in [0, 0.1) is 0 Å². The van der Waals surface area contributed by atoms with E-state index in [1.165, 1.54) is 16.8 Å². The molecule has 1 aromatic carbocycles. The molecule has 1 aliphatic carbocycles. The molecule has 0 radical (unpaired) electrons. The number of hydrogen-bond acceptors (Lipinski definition) is 2. The monoisotopic (exact) mass is 283 g/mol. The number of aromatic amines is 1. The zero-order valence-electron chi connectivity index (χ0n) is 13.5. The van der Waals surface area contributed by atoms with Crippen LogP contribution in [0.5, 0.6) is 0 Å². The normalized spacial score (nSPS) is 15.7. The number of nitrogens with one attached hydrogen (secondary N) is 1. The van der Waals surface area contributed by atoms with Gasteiger partial charge in [0.25, 0.3) is 0 Å². The molecule has 0 amide bonds. The van der Waals surface area contributed by atoms with Crippen LogP contribution in [0.4, 0.5) is 0 Å². The summed E-state index contributed by atoms with van der Waals surface area (Å²) in [4.78, 5) is 2.44. The number of benzene rings is 1. The van der Waals surface area contributed by atoms with Gasteiger partial charge < -0.3 is 0 Å². The lowest BCUT2D eigenvalue weighted by Crippen LogP contribution is -2.31. The van der Waals surface area contributed by atoms with Crippen molar-refractivity contribution in [1.29, 1.82) is 0 Å². The van der Waals surface area contributed by atoms with E-state index < -0.39 is 0 Å². The molecule has 2 aromatic rings. The third kappa shape index (κ3) is 3.03. The molecule has 1 N–H and O–H groups in total. The van der Waals surface area contributed by atoms with Gasteiger partial charge in [0.2, 0.25) is 0 Å². The fourth-order valence-electron chi connectivity index (χ4n) is 3.07. The Labute approximate surface area is 127 Å². The first-order valence-electron chi connectivity index (χ1n) is 7.75. The number of H-pyrrole nitrogens is 1. The summed E-state index contributed by atoms with van der Waals surface area (Å²) in [5.41, 5.74) is 5.47. The molecule has 0 saturated carbocycles. The maximum absolute atomic E-state index is 4.45. The summed E-state index contributed by atoms with van der Waals surface area (Å²) >= 11 is 0. The molecule has 112 valence electrons. The van der Waals surface area contributed by atoms with Gasteiger partial charge in [0, 0.05) is 23.7 Å². The Balaban J connectivity index is 1.65. The Morgan fingerprint density at radius 2 is 1.81 bits per heavy atom. The summed E-state index contributed by atoms with van der Waals surface area (Å²) in [6.07, 6.45) is 2.32. The molecule has 3 nitrogen and oxygen atoms in total. The summed E-state index contributed by atoms with van der Waals surface area (Å²) in [5.74, 6) is 0. The lowest BCUT2D eigenvalue weighted by Gasteiger charge is -2.23. The molecule has 3 heteroatoms. The molecule has 0 atom stereocenters. The van der Waals surface area contributed by atoms with Crippen LogP contribution in [0.2, 0.25) is 0 Å². The molecule has 0 unspecified atom stereocenters. The van der Waals surface area contributed by atoms with Crippen LogP contribution >= 0.6 is 0 Å². The highest BCUT2D eigenvalue weighted by atomic mass is 15.2. The minimum atomic E-state index is 0.108. The lowest BCUT2D eigenvalue weighted by atomic mass is 9.92. The first kappa shape index (κ1) is 14.3. The van der Waals surface area contributed by atoms with Crippen molar-refractivity contribution in [3.8, 4) is 0 Å². The number of nitrogens with zero attached hydrogens (tertiary/aromatic N) is 2. The molecule has 1 aliphatic rings. The van der Waals surface area contributed by atoms with Crippen molar-refractivity contribution in [1.82, 2.24) is 15.1 Å². The van der Waals surface area contributed by atoms with E-state index in [2.05, 4.69) is 73.2 Å². The van der Waals surface area contributed by atoms with E-state index in [9.17, 15) is 0 Å². The van der Waals surface area contributed by atoms with E-state index in [1.54, 1.807) is 0 Å². The number of fused-ring (bicyclic) bond motifs is 1. The largest absolute Gasteiger partial charge is 0.297 e. The Kier molecular flexibility index (Phi) is 3.62. The fraction of sp³-hybridized carbons (Fsp3) is 0.500. The standard InChI is InChI=1S/C18H25N3/c1-18(2,3)17-11-15(19-20-17)12-21(4)16-9-13-7-5-6-8-14(13)10-16/h5-8,11,16H,9-10,12H2,1-4H3,(H,19,20). The molecule has 1 aromatic heterocycles. The fourth-order valence-corrected chi connectivity index (χ4v) is 3.07. The quantitative estimate of drug-likeness (QED) is 0.937. The van der Waals surface area contributed by atoms with E-state index in [1.807, 2.05) is 0 Å². The summed E-state index contributed by atoms with van der Waals surface area (Å²) in [7, 11) is 2.22. The van der Waals surface area contributed by atoms with Crippen molar-refractivity contribution < 1.29 is 0 Å². The summed E-state index contributed by atoms with van der Waals surface area (Å²) in [6.45, 7) is 7.53. The molecular formula is C18H25N3. The molecule has 0 saturated heterocycles. The van der Waals surface area contributed by atoms with Gasteiger partial charge in [0.05, 0.1) is 5.69 Å². The minimum Gasteiger partial charge on any atom is -0.297 e. The van der Waals surface area contributed by atoms with E-state index >= 15 is 0 Å². The zero-order chi connectivity index (χ0) is 15.0. The van der Waals surface area contributed by atoms with Crippen LogP contribution in [0.3, 0.4) is 0 Å². The van der Waals surface area contributed by atoms with Gasteiger partial charge in [-0.3, -0.25) is 10.00 Å². The van der Waals surface area contributed by atoms with Crippen LogP contribution < -0.4 is 0 Å². The Bertz CT molecular complexity index is 596. The third-order valence-corrected chi connectivity index (χ3v) is 4.47. The molecule has 1 heterocycles. The SMILES string of the molecule is CN(Cc1cc(C(C)(C)C)n[nH]1)C1Cc2ccccc2C1. The van der Waals surface area contributed by atoms with Gasteiger partial charge in [0.1, 0.15) is 0 Å². The highest BCUT2D eigenvalue weighted by molar-refractivity contribution is 5.33. The van der Waals surface area contributed by atoms with E-state index in [0.717, 1.165) is 25.1 Å². The molecule has 21 heavy (non-hydrogen) atoms. The average molecular weight is 283 g/mol. The van der Waals surface area contributed by atoms with Crippen LogP contribution in [0.15, 0.2) is 30.3 Å². The summed E-state index contributed by atoms with van der Waals surface area (Å²) < 4.78 is 0. The second-order valence-corrected chi connectivity index (χ2v) is 7.27. The second-order valence-electron chi connectivity index (χ2n) is 7.27. The first-order chi connectivity index (χ1) is 9.93. The van der Waals surface area contributed by atoms with Crippen molar-refractivity contribution in [3.05, 3.63) is 52.8 Å². The minimum absolute atomic E-state index is 0.108. The van der Waals surface area contributed by atoms with Gasteiger partial charge in [-0.15, -0.1) is 0 Å². The first-order valence-corrected chi connectivity index (χ1v) is 7.75. The van der Waals surface area contributed by atoms with Crippen molar-refractivity contribution in [2.45, 2.75) is 51.6 Å². The number of rotatable bonds is 3. The second kappa shape index (κ2) is 5.30. The summed E-state index contributed by atoms with van der Waals surface area (Å²) in [6, 6.07) is 11.6. The predicted octanol–water partition coefficient (Wildman–Crippen LogP) is 3.31. The van der Waals surface area contributed by atoms with Gasteiger partial charge in [0.15, 0.2) is 0 Å². The van der Waals surface area contributed by atoms with Gasteiger partial charge in [-0.2, -0.15) is 5.10 Å². The predicted molar refractivity (Wildman–Crippen MR) is 86.4 cm³/mol. The lowest BCUT2D eigenvalue weighted by molar-refractivity contribution is 0.238. The number of likely N-dealkylation sites (N-methyl/N-ethyl adjacent to an activating group) is 1. The molecule has 0 fully saturated rings. The maximum atomic E-state index is 4.45. The van der Waals surface area contributed by atoms with Crippen molar-refractivity contribution in [3.63, 3.8) is 0 Å². The Morgan fingerprint density at radius 1 is 1.19 bits per heavy atom. The van der Waals surface area contributed by atoms with Gasteiger partial charge in [-0.1, -0.05) is 45.0 Å². The maximum Gasteiger partial charge on any atom is 0.0678 e. The van der Waals surface area contributed by atoms with Crippen LogP contribution in [0.25, 0.3) is 0 Å².